The molecule has 8 heavy (non-hydrogen) atoms. The quantitative estimate of drug-likeness (QED) is 0.467. The first kappa shape index (κ1) is 3.96. The number of hydrogen-bond acceptors (Lipinski definition) is 0. The van der Waals surface area contributed by atoms with Crippen LogP contribution in [-0.2, 0) is 6.54 Å². The van der Waals surface area contributed by atoms with Crippen LogP contribution in [0.15, 0.2) is 18.3 Å². The van der Waals surface area contributed by atoms with Crippen LogP contribution in [0.5, 0.6) is 0 Å². The van der Waals surface area contributed by atoms with Gasteiger partial charge in [-0.25, -0.2) is 0 Å². The Morgan fingerprint density at radius 3 is 3.50 bits per heavy atom. The highest BCUT2D eigenvalue weighted by atomic mass is 15.0. The highest BCUT2D eigenvalue weighted by molar-refractivity contribution is 5.46. The van der Waals surface area contributed by atoms with Gasteiger partial charge >= 0.3 is 0 Å². The van der Waals surface area contributed by atoms with E-state index < -0.39 is 0 Å². The minimum atomic E-state index is 0.933. The number of fused-ring (bicyclic) bond motifs is 1. The molecule has 0 amide bonds. The lowest BCUT2D eigenvalue weighted by Crippen LogP contribution is -1.87. The van der Waals surface area contributed by atoms with Gasteiger partial charge in [0.15, 0.2) is 0 Å². The molecule has 0 fully saturated rings. The molecule has 0 saturated carbocycles. The fourth-order valence-electron chi connectivity index (χ4n) is 0.951. The van der Waals surface area contributed by atoms with Crippen LogP contribution < -0.4 is 0 Å². The largest absolute Gasteiger partial charge is 0.344 e. The van der Waals surface area contributed by atoms with Gasteiger partial charge in [0.05, 0.1) is 0 Å². The molecule has 1 nitrogen and oxygen atoms in total. The third-order valence-electron chi connectivity index (χ3n) is 1.38. The van der Waals surface area contributed by atoms with Crippen molar-refractivity contribution in [1.82, 2.24) is 4.57 Å². The summed E-state index contributed by atoms with van der Waals surface area (Å²) in [5.41, 5.74) is 1.27. The molecule has 0 N–H and O–H groups in total. The van der Waals surface area contributed by atoms with Gasteiger partial charge in [0.1, 0.15) is 0 Å². The zero-order valence-corrected chi connectivity index (χ0v) is 4.46. The second-order valence-corrected chi connectivity index (χ2v) is 1.91. The van der Waals surface area contributed by atoms with Crippen molar-refractivity contribution >= 4 is 6.08 Å². The van der Waals surface area contributed by atoms with E-state index in [2.05, 4.69) is 22.9 Å². The summed E-state index contributed by atoms with van der Waals surface area (Å²) in [4.78, 5) is 0. The number of nitrogens with zero attached hydrogens (tertiary/aromatic N) is 1. The van der Waals surface area contributed by atoms with Crippen LogP contribution in [0.1, 0.15) is 5.69 Å². The van der Waals surface area contributed by atoms with Gasteiger partial charge in [-0.2, -0.15) is 0 Å². The van der Waals surface area contributed by atoms with Gasteiger partial charge in [-0.05, 0) is 24.3 Å². The summed E-state index contributed by atoms with van der Waals surface area (Å²) >= 11 is 0. The molecule has 2 heterocycles. The average molecular weight is 104 g/mol. The van der Waals surface area contributed by atoms with Gasteiger partial charge < -0.3 is 4.57 Å². The maximum absolute atomic E-state index is 3.11. The second kappa shape index (κ2) is 1.25. The van der Waals surface area contributed by atoms with Crippen molar-refractivity contribution in [3.63, 3.8) is 0 Å². The molecular weight excluding hydrogens is 98.1 g/mol. The van der Waals surface area contributed by atoms with Crippen LogP contribution in [0.4, 0.5) is 0 Å². The summed E-state index contributed by atoms with van der Waals surface area (Å²) in [6.45, 7) is 0.933. The fraction of sp³-hybridized carbons (Fsp3) is 0.143. The van der Waals surface area contributed by atoms with Crippen LogP contribution in [0.2, 0.25) is 0 Å². The van der Waals surface area contributed by atoms with E-state index in [1.807, 2.05) is 12.1 Å². The Morgan fingerprint density at radius 2 is 2.62 bits per heavy atom. The van der Waals surface area contributed by atoms with Crippen LogP contribution in [-0.4, -0.2) is 4.57 Å². The Morgan fingerprint density at radius 1 is 1.62 bits per heavy atom. The summed E-state index contributed by atoms with van der Waals surface area (Å²) in [5.74, 6) is 0. The van der Waals surface area contributed by atoms with Gasteiger partial charge in [-0.15, -0.1) is 0 Å². The minimum absolute atomic E-state index is 0.933. The van der Waals surface area contributed by atoms with Crippen molar-refractivity contribution in [1.29, 1.82) is 0 Å². The number of allylic oxidation sites excluding steroid dienone is 1. The molecule has 0 spiro atoms. The fourth-order valence-corrected chi connectivity index (χ4v) is 0.951. The Kier molecular flexibility index (Phi) is 0.618. The lowest BCUT2D eigenvalue weighted by Gasteiger charge is -1.90. The lowest BCUT2D eigenvalue weighted by molar-refractivity contribution is 0.835. The molecule has 1 aromatic rings. The number of aromatic nitrogens is 1. The first-order chi connectivity index (χ1) is 3.97. The van der Waals surface area contributed by atoms with Crippen molar-refractivity contribution in [3.05, 3.63) is 30.1 Å². The SMILES string of the molecule is [C]1=Cc2cccn2C1. The smallest absolute Gasteiger partial charge is 0.0480 e. The Balaban J connectivity index is 2.67. The molecule has 39 valence electrons. The van der Waals surface area contributed by atoms with E-state index in [0.717, 1.165) is 6.54 Å². The van der Waals surface area contributed by atoms with Gasteiger partial charge in [0.25, 0.3) is 0 Å². The van der Waals surface area contributed by atoms with Gasteiger partial charge in [-0.1, -0.05) is 0 Å². The normalized spacial score (nSPS) is 14.5. The maximum Gasteiger partial charge on any atom is 0.0480 e. The van der Waals surface area contributed by atoms with Crippen LogP contribution in [0.25, 0.3) is 6.08 Å². The highest BCUT2D eigenvalue weighted by Crippen LogP contribution is 2.09. The third kappa shape index (κ3) is 0.360. The highest BCUT2D eigenvalue weighted by Gasteiger charge is 1.99. The zero-order chi connectivity index (χ0) is 5.40. The molecule has 0 atom stereocenters. The van der Waals surface area contributed by atoms with Crippen molar-refractivity contribution in [2.45, 2.75) is 6.54 Å². The molecule has 1 radical (unpaired) electrons. The van der Waals surface area contributed by atoms with E-state index in [4.69, 9.17) is 0 Å². The molecule has 0 aromatic carbocycles. The van der Waals surface area contributed by atoms with Crippen LogP contribution in [0, 0.1) is 6.08 Å². The van der Waals surface area contributed by atoms with Gasteiger partial charge in [0, 0.05) is 18.4 Å². The first-order valence-corrected chi connectivity index (χ1v) is 2.68. The summed E-state index contributed by atoms with van der Waals surface area (Å²) in [5, 5.41) is 0. The summed E-state index contributed by atoms with van der Waals surface area (Å²) in [6.07, 6.45) is 7.18. The van der Waals surface area contributed by atoms with Gasteiger partial charge in [0.2, 0.25) is 0 Å². The number of hydrogen-bond donors (Lipinski definition) is 0. The van der Waals surface area contributed by atoms with E-state index in [-0.39, 0.29) is 0 Å². The third-order valence-corrected chi connectivity index (χ3v) is 1.38. The molecule has 1 aliphatic heterocycles. The van der Waals surface area contributed by atoms with Crippen molar-refractivity contribution in [2.24, 2.45) is 0 Å². The molecule has 0 bridgehead atoms. The van der Waals surface area contributed by atoms with E-state index in [9.17, 15) is 0 Å². The van der Waals surface area contributed by atoms with Crippen LogP contribution >= 0.6 is 0 Å². The lowest BCUT2D eigenvalue weighted by atomic mass is 10.4. The Labute approximate surface area is 48.2 Å². The standard InChI is InChI=1S/C7H6N/c1-3-7-4-2-6-8(7)5-1/h1,3-5H,6H2. The molecule has 0 aliphatic carbocycles. The van der Waals surface area contributed by atoms with Crippen molar-refractivity contribution < 1.29 is 0 Å². The summed E-state index contributed by atoms with van der Waals surface area (Å²) in [7, 11) is 0. The molecule has 0 unspecified atom stereocenters. The summed E-state index contributed by atoms with van der Waals surface area (Å²) in [6, 6.07) is 4.13. The van der Waals surface area contributed by atoms with E-state index in [0.29, 0.717) is 0 Å². The van der Waals surface area contributed by atoms with E-state index in [1.165, 1.54) is 5.69 Å². The predicted molar refractivity (Wildman–Crippen MR) is 32.1 cm³/mol. The zero-order valence-electron chi connectivity index (χ0n) is 4.46. The van der Waals surface area contributed by atoms with Crippen molar-refractivity contribution in [2.75, 3.05) is 0 Å². The Bertz CT molecular complexity index is 220. The molecule has 1 aliphatic rings. The molecule has 0 saturated heterocycles. The average Bonchev–Trinajstić information content (AvgIpc) is 2.15. The maximum atomic E-state index is 3.11. The number of rotatable bonds is 0. The van der Waals surface area contributed by atoms with Crippen molar-refractivity contribution in [3.8, 4) is 0 Å². The topological polar surface area (TPSA) is 4.93 Å². The summed E-state index contributed by atoms with van der Waals surface area (Å²) < 4.78 is 2.15. The predicted octanol–water partition coefficient (Wildman–Crippen LogP) is 1.32. The monoisotopic (exact) mass is 104 g/mol. The molecule has 2 rings (SSSR count). The molecular formula is C7H6N. The van der Waals surface area contributed by atoms with Crippen LogP contribution in [0.3, 0.4) is 0 Å². The second-order valence-electron chi connectivity index (χ2n) is 1.91. The first-order valence-electron chi connectivity index (χ1n) is 2.68. The minimum Gasteiger partial charge on any atom is -0.344 e. The molecule has 1 heteroatoms. The Hall–Kier alpha value is -0.980. The van der Waals surface area contributed by atoms with Gasteiger partial charge in [-0.3, -0.25) is 0 Å². The van der Waals surface area contributed by atoms with E-state index in [1.54, 1.807) is 0 Å². The molecule has 1 aromatic heterocycles. The van der Waals surface area contributed by atoms with E-state index >= 15 is 0 Å².